The van der Waals surface area contributed by atoms with E-state index in [-0.39, 0.29) is 12.4 Å². The van der Waals surface area contributed by atoms with E-state index in [9.17, 15) is 4.79 Å². The summed E-state index contributed by atoms with van der Waals surface area (Å²) in [6.07, 6.45) is 0. The van der Waals surface area contributed by atoms with Crippen molar-refractivity contribution in [3.8, 4) is 0 Å². The maximum atomic E-state index is 9.82. The summed E-state index contributed by atoms with van der Waals surface area (Å²) in [6.45, 7) is 4.85. The number of primary amides is 1. The topological polar surface area (TPSA) is 43.1 Å². The molecule has 0 saturated heterocycles. The SMILES string of the molecule is C=C(C)C(N)=O.Cl. The van der Waals surface area contributed by atoms with Crippen molar-refractivity contribution in [2.75, 3.05) is 0 Å². The van der Waals surface area contributed by atoms with E-state index < -0.39 is 5.91 Å². The van der Waals surface area contributed by atoms with E-state index in [1.54, 1.807) is 6.92 Å². The molecule has 0 radical (unpaired) electrons. The number of hydrogen-bond donors (Lipinski definition) is 1. The smallest absolute Gasteiger partial charge is 0.243 e. The van der Waals surface area contributed by atoms with Crippen LogP contribution in [0.5, 0.6) is 0 Å². The number of hydrogen-bond acceptors (Lipinski definition) is 1. The third-order valence-corrected chi connectivity index (χ3v) is 0.421. The molecular formula is C4H8ClNO. The summed E-state index contributed by atoms with van der Waals surface area (Å²) in [5.41, 5.74) is 5.09. The molecule has 0 aromatic heterocycles. The average molecular weight is 122 g/mol. The van der Waals surface area contributed by atoms with Gasteiger partial charge in [-0.1, -0.05) is 6.58 Å². The molecule has 2 N–H and O–H groups in total. The Balaban J connectivity index is 0. The van der Waals surface area contributed by atoms with Crippen molar-refractivity contribution in [2.45, 2.75) is 6.92 Å². The molecular weight excluding hydrogens is 114 g/mol. The van der Waals surface area contributed by atoms with Gasteiger partial charge in [-0.25, -0.2) is 0 Å². The van der Waals surface area contributed by atoms with Gasteiger partial charge in [-0.2, -0.15) is 0 Å². The number of halogens is 1. The summed E-state index contributed by atoms with van der Waals surface area (Å²) in [4.78, 5) is 9.82. The van der Waals surface area contributed by atoms with Crippen LogP contribution in [0.1, 0.15) is 6.92 Å². The van der Waals surface area contributed by atoms with Crippen LogP contribution in [0.3, 0.4) is 0 Å². The quantitative estimate of drug-likeness (QED) is 0.504. The highest BCUT2D eigenvalue weighted by molar-refractivity contribution is 5.90. The van der Waals surface area contributed by atoms with E-state index in [1.807, 2.05) is 0 Å². The van der Waals surface area contributed by atoms with Gasteiger partial charge in [0.2, 0.25) is 5.91 Å². The highest BCUT2D eigenvalue weighted by Gasteiger charge is 1.86. The van der Waals surface area contributed by atoms with Gasteiger partial charge in [-0.3, -0.25) is 4.79 Å². The lowest BCUT2D eigenvalue weighted by Crippen LogP contribution is -2.10. The van der Waals surface area contributed by atoms with Crippen LogP contribution in [0.25, 0.3) is 0 Å². The molecule has 0 aromatic carbocycles. The Morgan fingerprint density at radius 2 is 1.86 bits per heavy atom. The van der Waals surface area contributed by atoms with Gasteiger partial charge in [-0.05, 0) is 6.92 Å². The fourth-order valence-electron chi connectivity index (χ4n) is 0. The standard InChI is InChI=1S/C4H7NO.ClH/c1-3(2)4(5)6;/h1H2,2H3,(H2,5,6);1H. The van der Waals surface area contributed by atoms with Gasteiger partial charge in [0, 0.05) is 5.57 Å². The van der Waals surface area contributed by atoms with Crippen LogP contribution in [0.15, 0.2) is 12.2 Å². The van der Waals surface area contributed by atoms with Crippen molar-refractivity contribution >= 4 is 18.3 Å². The second kappa shape index (κ2) is 3.68. The first kappa shape index (κ1) is 9.71. The Kier molecular flexibility index (Phi) is 5.11. The molecule has 0 aromatic rings. The molecule has 7 heavy (non-hydrogen) atoms. The van der Waals surface area contributed by atoms with Crippen molar-refractivity contribution in [1.82, 2.24) is 0 Å². The highest BCUT2D eigenvalue weighted by atomic mass is 35.5. The maximum absolute atomic E-state index is 9.82. The number of rotatable bonds is 1. The molecule has 0 unspecified atom stereocenters. The average Bonchev–Trinajstić information content (AvgIpc) is 1.36. The summed E-state index contributed by atoms with van der Waals surface area (Å²) >= 11 is 0. The van der Waals surface area contributed by atoms with Crippen LogP contribution >= 0.6 is 12.4 Å². The monoisotopic (exact) mass is 121 g/mol. The number of nitrogens with two attached hydrogens (primary N) is 1. The van der Waals surface area contributed by atoms with Crippen LogP contribution < -0.4 is 5.73 Å². The zero-order valence-corrected chi connectivity index (χ0v) is 4.92. The van der Waals surface area contributed by atoms with E-state index in [4.69, 9.17) is 5.73 Å². The van der Waals surface area contributed by atoms with Gasteiger partial charge in [0.15, 0.2) is 0 Å². The molecule has 0 fully saturated rings. The fraction of sp³-hybridized carbons (Fsp3) is 0.250. The van der Waals surface area contributed by atoms with Crippen LogP contribution in [-0.4, -0.2) is 5.91 Å². The Morgan fingerprint density at radius 3 is 1.86 bits per heavy atom. The predicted molar refractivity (Wildman–Crippen MR) is 31.3 cm³/mol. The van der Waals surface area contributed by atoms with Crippen LogP contribution in [0, 0.1) is 0 Å². The number of carbonyl (C=O) groups excluding carboxylic acids is 1. The third-order valence-electron chi connectivity index (χ3n) is 0.421. The van der Waals surface area contributed by atoms with Gasteiger partial charge >= 0.3 is 0 Å². The normalized spacial score (nSPS) is 6.43. The zero-order valence-electron chi connectivity index (χ0n) is 4.10. The third kappa shape index (κ3) is 5.50. The maximum Gasteiger partial charge on any atom is 0.243 e. The van der Waals surface area contributed by atoms with E-state index in [1.165, 1.54) is 0 Å². The molecule has 0 aliphatic rings. The van der Waals surface area contributed by atoms with Crippen LogP contribution in [-0.2, 0) is 4.79 Å². The number of carbonyl (C=O) groups is 1. The van der Waals surface area contributed by atoms with E-state index in [0.717, 1.165) is 0 Å². The fourth-order valence-corrected chi connectivity index (χ4v) is 0. The molecule has 0 saturated carbocycles. The Labute approximate surface area is 48.8 Å². The molecule has 0 heterocycles. The Bertz CT molecular complexity index is 77.7. The predicted octanol–water partition coefficient (Wildman–Crippen LogP) is 0.470. The zero-order chi connectivity index (χ0) is 5.15. The summed E-state index contributed by atoms with van der Waals surface area (Å²) < 4.78 is 0. The lowest BCUT2D eigenvalue weighted by molar-refractivity contribution is -0.114. The summed E-state index contributed by atoms with van der Waals surface area (Å²) in [5, 5.41) is 0. The van der Waals surface area contributed by atoms with Gasteiger partial charge in [0.1, 0.15) is 0 Å². The minimum atomic E-state index is -0.435. The first-order chi connectivity index (χ1) is 2.64. The van der Waals surface area contributed by atoms with Crippen LogP contribution in [0.2, 0.25) is 0 Å². The van der Waals surface area contributed by atoms with Crippen molar-refractivity contribution in [3.05, 3.63) is 12.2 Å². The Morgan fingerprint density at radius 1 is 1.71 bits per heavy atom. The molecule has 42 valence electrons. The van der Waals surface area contributed by atoms with Gasteiger partial charge < -0.3 is 5.73 Å². The second-order valence-corrected chi connectivity index (χ2v) is 1.14. The van der Waals surface area contributed by atoms with Gasteiger partial charge in [-0.15, -0.1) is 12.4 Å². The van der Waals surface area contributed by atoms with Crippen molar-refractivity contribution < 1.29 is 4.79 Å². The molecule has 0 bridgehead atoms. The molecule has 0 aliphatic carbocycles. The second-order valence-electron chi connectivity index (χ2n) is 1.14. The summed E-state index contributed by atoms with van der Waals surface area (Å²) in [5.74, 6) is -0.435. The molecule has 0 rings (SSSR count). The van der Waals surface area contributed by atoms with E-state index in [0.29, 0.717) is 5.57 Å². The molecule has 0 atom stereocenters. The van der Waals surface area contributed by atoms with Gasteiger partial charge in [0.05, 0.1) is 0 Å². The lowest BCUT2D eigenvalue weighted by Gasteiger charge is -1.81. The Hall–Kier alpha value is -0.500. The first-order valence-electron chi connectivity index (χ1n) is 1.60. The minimum Gasteiger partial charge on any atom is -0.366 e. The molecule has 2 nitrogen and oxygen atoms in total. The summed E-state index contributed by atoms with van der Waals surface area (Å²) in [7, 11) is 0. The van der Waals surface area contributed by atoms with Crippen molar-refractivity contribution in [2.24, 2.45) is 5.73 Å². The van der Waals surface area contributed by atoms with Crippen LogP contribution in [0.4, 0.5) is 0 Å². The largest absolute Gasteiger partial charge is 0.366 e. The van der Waals surface area contributed by atoms with Gasteiger partial charge in [0.25, 0.3) is 0 Å². The lowest BCUT2D eigenvalue weighted by atomic mass is 10.3. The summed E-state index contributed by atoms with van der Waals surface area (Å²) in [6, 6.07) is 0. The molecule has 3 heteroatoms. The van der Waals surface area contributed by atoms with E-state index in [2.05, 4.69) is 6.58 Å². The molecule has 1 amide bonds. The molecule has 0 spiro atoms. The number of amides is 1. The van der Waals surface area contributed by atoms with Crippen molar-refractivity contribution in [3.63, 3.8) is 0 Å². The van der Waals surface area contributed by atoms with Crippen molar-refractivity contribution in [1.29, 1.82) is 0 Å². The highest BCUT2D eigenvalue weighted by Crippen LogP contribution is 1.78. The molecule has 0 aliphatic heterocycles. The first-order valence-corrected chi connectivity index (χ1v) is 1.60. The van der Waals surface area contributed by atoms with E-state index >= 15 is 0 Å². The minimum absolute atomic E-state index is 0.